The van der Waals surface area contributed by atoms with Crippen molar-refractivity contribution in [2.24, 2.45) is 0 Å². The second kappa shape index (κ2) is 8.27. The van der Waals surface area contributed by atoms with Crippen LogP contribution in [0, 0.1) is 0 Å². The molecule has 1 heterocycles. The van der Waals surface area contributed by atoms with Crippen LogP contribution in [0.3, 0.4) is 0 Å². The molecule has 1 aromatic rings. The maximum atomic E-state index is 11.7. The van der Waals surface area contributed by atoms with Gasteiger partial charge in [0.25, 0.3) is 0 Å². The summed E-state index contributed by atoms with van der Waals surface area (Å²) in [6.07, 6.45) is 3.23. The van der Waals surface area contributed by atoms with Gasteiger partial charge in [-0.15, -0.1) is 11.3 Å². The van der Waals surface area contributed by atoms with Crippen LogP contribution in [0.4, 0.5) is 0 Å². The molecule has 1 unspecified atom stereocenters. The molecule has 0 saturated heterocycles. The molecule has 1 atom stereocenters. The molecule has 0 spiro atoms. The lowest BCUT2D eigenvalue weighted by molar-refractivity contribution is -0.149. The van der Waals surface area contributed by atoms with Crippen molar-refractivity contribution in [3.05, 3.63) is 22.4 Å². The number of rotatable bonds is 8. The first-order valence-electron chi connectivity index (χ1n) is 6.51. The Labute approximate surface area is 114 Å². The number of carbonyl (C=O) groups excluding carboxylic acids is 1. The van der Waals surface area contributed by atoms with Crippen LogP contribution in [0.2, 0.25) is 0 Å². The fourth-order valence-corrected chi connectivity index (χ4v) is 2.44. The first kappa shape index (κ1) is 15.2. The second-order valence-corrected chi connectivity index (χ2v) is 5.67. The summed E-state index contributed by atoms with van der Waals surface area (Å²) in [4.78, 5) is 15.0. The zero-order valence-electron chi connectivity index (χ0n) is 11.5. The number of unbranched alkanes of at least 4 members (excludes halogenated alkanes) is 1. The highest BCUT2D eigenvalue weighted by atomic mass is 32.1. The van der Waals surface area contributed by atoms with Crippen molar-refractivity contribution in [3.63, 3.8) is 0 Å². The molecule has 0 amide bonds. The van der Waals surface area contributed by atoms with Crippen molar-refractivity contribution in [2.45, 2.75) is 38.7 Å². The van der Waals surface area contributed by atoms with E-state index in [2.05, 4.69) is 11.8 Å². The number of hydrogen-bond donors (Lipinski definition) is 0. The molecule has 102 valence electrons. The van der Waals surface area contributed by atoms with Gasteiger partial charge in [0.1, 0.15) is 6.10 Å². The first-order chi connectivity index (χ1) is 8.63. The first-order valence-corrected chi connectivity index (χ1v) is 7.39. The third-order valence-corrected chi connectivity index (χ3v) is 3.67. The van der Waals surface area contributed by atoms with E-state index in [4.69, 9.17) is 4.74 Å². The zero-order chi connectivity index (χ0) is 13.4. The van der Waals surface area contributed by atoms with Crippen LogP contribution in [0.5, 0.6) is 0 Å². The summed E-state index contributed by atoms with van der Waals surface area (Å²) in [6.45, 7) is 3.00. The van der Waals surface area contributed by atoms with Gasteiger partial charge in [-0.2, -0.15) is 0 Å². The minimum atomic E-state index is -0.0863. The van der Waals surface area contributed by atoms with Gasteiger partial charge >= 0.3 is 5.97 Å². The van der Waals surface area contributed by atoms with E-state index in [1.165, 1.54) is 0 Å². The largest absolute Gasteiger partial charge is 0.457 e. The third kappa shape index (κ3) is 5.65. The average Bonchev–Trinajstić information content (AvgIpc) is 2.85. The van der Waals surface area contributed by atoms with Gasteiger partial charge in [-0.3, -0.25) is 4.79 Å². The Kier molecular flexibility index (Phi) is 6.98. The Bertz CT molecular complexity index is 336. The molecule has 3 nitrogen and oxygen atoms in total. The fraction of sp³-hybridized carbons (Fsp3) is 0.643. The predicted molar refractivity (Wildman–Crippen MR) is 75.8 cm³/mol. The van der Waals surface area contributed by atoms with Crippen LogP contribution in [0.1, 0.15) is 43.6 Å². The standard InChI is InChI=1S/C14H23NO2S/c1-4-5-8-14(16)17-12(9-10-15(2)3)13-7-6-11-18-13/h6-7,11-12H,4-5,8-10H2,1-3H3. The van der Waals surface area contributed by atoms with Crippen LogP contribution in [0.15, 0.2) is 17.5 Å². The topological polar surface area (TPSA) is 29.5 Å². The molecule has 18 heavy (non-hydrogen) atoms. The highest BCUT2D eigenvalue weighted by Crippen LogP contribution is 2.26. The van der Waals surface area contributed by atoms with Gasteiger partial charge in [0.05, 0.1) is 0 Å². The van der Waals surface area contributed by atoms with Gasteiger partial charge < -0.3 is 9.64 Å². The number of carbonyl (C=O) groups is 1. The Morgan fingerprint density at radius 1 is 1.50 bits per heavy atom. The number of ether oxygens (including phenoxy) is 1. The summed E-state index contributed by atoms with van der Waals surface area (Å²) in [5.41, 5.74) is 0. The lowest BCUT2D eigenvalue weighted by atomic mass is 10.2. The minimum Gasteiger partial charge on any atom is -0.457 e. The van der Waals surface area contributed by atoms with Crippen LogP contribution in [-0.2, 0) is 9.53 Å². The molecular weight excluding hydrogens is 246 g/mol. The molecule has 1 aromatic heterocycles. The minimum absolute atomic E-state index is 0.0750. The molecule has 0 N–H and O–H groups in total. The van der Waals surface area contributed by atoms with E-state index in [1.807, 2.05) is 31.6 Å². The van der Waals surface area contributed by atoms with Crippen molar-refractivity contribution in [1.82, 2.24) is 4.90 Å². The quantitative estimate of drug-likeness (QED) is 0.677. The number of thiophene rings is 1. The summed E-state index contributed by atoms with van der Waals surface area (Å²) >= 11 is 1.65. The molecule has 0 aliphatic rings. The van der Waals surface area contributed by atoms with Crippen LogP contribution < -0.4 is 0 Å². The number of esters is 1. The van der Waals surface area contributed by atoms with Gasteiger partial charge in [-0.05, 0) is 32.0 Å². The summed E-state index contributed by atoms with van der Waals surface area (Å²) in [7, 11) is 4.06. The van der Waals surface area contributed by atoms with Crippen molar-refractivity contribution in [2.75, 3.05) is 20.6 Å². The van der Waals surface area contributed by atoms with Crippen molar-refractivity contribution < 1.29 is 9.53 Å². The Hall–Kier alpha value is -0.870. The Morgan fingerprint density at radius 2 is 2.28 bits per heavy atom. The average molecular weight is 269 g/mol. The van der Waals surface area contributed by atoms with E-state index in [-0.39, 0.29) is 12.1 Å². The van der Waals surface area contributed by atoms with E-state index >= 15 is 0 Å². The molecule has 0 fully saturated rings. The summed E-state index contributed by atoms with van der Waals surface area (Å²) in [5, 5.41) is 2.03. The molecule has 0 aliphatic heterocycles. The van der Waals surface area contributed by atoms with Crippen molar-refractivity contribution >= 4 is 17.3 Å². The smallest absolute Gasteiger partial charge is 0.306 e. The van der Waals surface area contributed by atoms with Crippen LogP contribution >= 0.6 is 11.3 Å². The second-order valence-electron chi connectivity index (χ2n) is 4.69. The van der Waals surface area contributed by atoms with Gasteiger partial charge in [-0.25, -0.2) is 0 Å². The monoisotopic (exact) mass is 269 g/mol. The lowest BCUT2D eigenvalue weighted by Gasteiger charge is -2.19. The summed E-state index contributed by atoms with van der Waals surface area (Å²) < 4.78 is 5.59. The molecule has 1 rings (SSSR count). The van der Waals surface area contributed by atoms with E-state index < -0.39 is 0 Å². The zero-order valence-corrected chi connectivity index (χ0v) is 12.3. The Balaban J connectivity index is 2.52. The third-order valence-electron chi connectivity index (χ3n) is 2.71. The molecule has 4 heteroatoms. The van der Waals surface area contributed by atoms with Gasteiger partial charge in [-0.1, -0.05) is 19.4 Å². The molecule has 0 aliphatic carbocycles. The molecule has 0 saturated carbocycles. The van der Waals surface area contributed by atoms with E-state index in [0.717, 1.165) is 30.7 Å². The highest BCUT2D eigenvalue weighted by Gasteiger charge is 2.17. The van der Waals surface area contributed by atoms with Crippen LogP contribution in [0.25, 0.3) is 0 Å². The van der Waals surface area contributed by atoms with E-state index in [1.54, 1.807) is 11.3 Å². The van der Waals surface area contributed by atoms with Crippen LogP contribution in [-0.4, -0.2) is 31.5 Å². The van der Waals surface area contributed by atoms with Crippen molar-refractivity contribution in [1.29, 1.82) is 0 Å². The maximum absolute atomic E-state index is 11.7. The summed E-state index contributed by atoms with van der Waals surface area (Å²) in [6, 6.07) is 4.04. The van der Waals surface area contributed by atoms with Gasteiger partial charge in [0.15, 0.2) is 0 Å². The molecule has 0 aromatic carbocycles. The number of hydrogen-bond acceptors (Lipinski definition) is 4. The lowest BCUT2D eigenvalue weighted by Crippen LogP contribution is -2.18. The number of nitrogens with zero attached hydrogens (tertiary/aromatic N) is 1. The Morgan fingerprint density at radius 3 is 2.83 bits per heavy atom. The SMILES string of the molecule is CCCCC(=O)OC(CCN(C)C)c1cccs1. The molecular formula is C14H23NO2S. The van der Waals surface area contributed by atoms with E-state index in [0.29, 0.717) is 6.42 Å². The molecule has 0 bridgehead atoms. The van der Waals surface area contributed by atoms with Crippen molar-refractivity contribution in [3.8, 4) is 0 Å². The molecule has 0 radical (unpaired) electrons. The maximum Gasteiger partial charge on any atom is 0.306 e. The summed E-state index contributed by atoms with van der Waals surface area (Å²) in [5.74, 6) is -0.0750. The normalized spacial score (nSPS) is 12.7. The highest BCUT2D eigenvalue weighted by molar-refractivity contribution is 7.10. The van der Waals surface area contributed by atoms with E-state index in [9.17, 15) is 4.79 Å². The predicted octanol–water partition coefficient (Wildman–Crippen LogP) is 3.47. The van der Waals surface area contributed by atoms with Gasteiger partial charge in [0, 0.05) is 24.3 Å². The fourth-order valence-electron chi connectivity index (χ4n) is 1.65. The van der Waals surface area contributed by atoms with Gasteiger partial charge in [0.2, 0.25) is 0 Å².